The SMILES string of the molecule is NC(=O)c1cc(C(F)(F)F)n(-c2ccc(F)cc2Cl)n1. The van der Waals surface area contributed by atoms with E-state index >= 15 is 0 Å². The number of nitrogens with zero attached hydrogens (tertiary/aromatic N) is 2. The van der Waals surface area contributed by atoms with Gasteiger partial charge in [-0.05, 0) is 18.2 Å². The smallest absolute Gasteiger partial charge is 0.364 e. The minimum Gasteiger partial charge on any atom is -0.364 e. The van der Waals surface area contributed by atoms with Crippen molar-refractivity contribution in [2.45, 2.75) is 6.18 Å². The second-order valence-electron chi connectivity index (χ2n) is 3.78. The molecule has 0 fully saturated rings. The number of carbonyl (C=O) groups is 1. The Labute approximate surface area is 114 Å². The number of benzene rings is 1. The lowest BCUT2D eigenvalue weighted by atomic mass is 10.3. The molecule has 2 rings (SSSR count). The van der Waals surface area contributed by atoms with E-state index in [1.807, 2.05) is 0 Å². The van der Waals surface area contributed by atoms with E-state index in [2.05, 4.69) is 5.10 Å². The van der Waals surface area contributed by atoms with E-state index in [9.17, 15) is 22.4 Å². The van der Waals surface area contributed by atoms with Crippen LogP contribution in [0.1, 0.15) is 16.2 Å². The summed E-state index contributed by atoms with van der Waals surface area (Å²) in [5.74, 6) is -1.83. The number of primary amides is 1. The molecule has 1 aromatic carbocycles. The van der Waals surface area contributed by atoms with E-state index < -0.39 is 29.3 Å². The maximum absolute atomic E-state index is 12.9. The van der Waals surface area contributed by atoms with Gasteiger partial charge in [0.2, 0.25) is 0 Å². The third-order valence-corrected chi connectivity index (χ3v) is 2.69. The molecule has 9 heteroatoms. The van der Waals surface area contributed by atoms with Gasteiger partial charge in [-0.2, -0.15) is 18.3 Å². The summed E-state index contributed by atoms with van der Waals surface area (Å²) in [7, 11) is 0. The summed E-state index contributed by atoms with van der Waals surface area (Å²) in [6.07, 6.45) is -4.78. The number of amides is 1. The highest BCUT2D eigenvalue weighted by Crippen LogP contribution is 2.33. The van der Waals surface area contributed by atoms with Gasteiger partial charge < -0.3 is 5.73 Å². The fourth-order valence-electron chi connectivity index (χ4n) is 1.54. The third kappa shape index (κ3) is 2.60. The molecular weight excluding hydrogens is 302 g/mol. The van der Waals surface area contributed by atoms with Gasteiger partial charge in [0.05, 0.1) is 10.7 Å². The Morgan fingerprint density at radius 3 is 2.45 bits per heavy atom. The molecule has 0 aliphatic heterocycles. The van der Waals surface area contributed by atoms with Crippen molar-refractivity contribution in [2.24, 2.45) is 5.73 Å². The molecule has 20 heavy (non-hydrogen) atoms. The average molecular weight is 308 g/mol. The van der Waals surface area contributed by atoms with Crippen LogP contribution in [0.4, 0.5) is 17.6 Å². The molecule has 0 unspecified atom stereocenters. The lowest BCUT2D eigenvalue weighted by molar-refractivity contribution is -0.142. The Balaban J connectivity index is 2.69. The topological polar surface area (TPSA) is 60.9 Å². The van der Waals surface area contributed by atoms with Crippen LogP contribution < -0.4 is 5.73 Å². The van der Waals surface area contributed by atoms with Gasteiger partial charge in [-0.15, -0.1) is 0 Å². The molecule has 1 heterocycles. The van der Waals surface area contributed by atoms with E-state index in [-0.39, 0.29) is 10.7 Å². The highest BCUT2D eigenvalue weighted by molar-refractivity contribution is 6.32. The quantitative estimate of drug-likeness (QED) is 0.867. The molecule has 0 spiro atoms. The second kappa shape index (κ2) is 4.78. The number of hydrogen-bond acceptors (Lipinski definition) is 2. The van der Waals surface area contributed by atoms with Crippen LogP contribution in [-0.4, -0.2) is 15.7 Å². The predicted molar refractivity (Wildman–Crippen MR) is 62.1 cm³/mol. The van der Waals surface area contributed by atoms with E-state index in [4.69, 9.17) is 17.3 Å². The fourth-order valence-corrected chi connectivity index (χ4v) is 1.79. The van der Waals surface area contributed by atoms with Crippen LogP contribution in [0.2, 0.25) is 5.02 Å². The molecule has 0 aliphatic carbocycles. The minimum atomic E-state index is -4.78. The Morgan fingerprint density at radius 2 is 1.95 bits per heavy atom. The molecule has 1 aromatic heterocycles. The maximum Gasteiger partial charge on any atom is 0.433 e. The normalized spacial score (nSPS) is 11.7. The van der Waals surface area contributed by atoms with Crippen LogP contribution in [0, 0.1) is 5.82 Å². The van der Waals surface area contributed by atoms with Crippen LogP contribution in [0.25, 0.3) is 5.69 Å². The molecule has 1 amide bonds. The largest absolute Gasteiger partial charge is 0.433 e. The van der Waals surface area contributed by atoms with Crippen molar-refractivity contribution >= 4 is 17.5 Å². The van der Waals surface area contributed by atoms with E-state index in [0.717, 1.165) is 18.2 Å². The lowest BCUT2D eigenvalue weighted by Crippen LogP contribution is -2.14. The summed E-state index contributed by atoms with van der Waals surface area (Å²) in [6, 6.07) is 3.28. The summed E-state index contributed by atoms with van der Waals surface area (Å²) < 4.78 is 52.0. The van der Waals surface area contributed by atoms with Gasteiger partial charge in [-0.25, -0.2) is 9.07 Å². The number of carbonyl (C=O) groups excluding carboxylic acids is 1. The first-order chi connectivity index (χ1) is 9.20. The number of alkyl halides is 3. The van der Waals surface area contributed by atoms with Crippen molar-refractivity contribution in [3.8, 4) is 5.69 Å². The van der Waals surface area contributed by atoms with Gasteiger partial charge in [0.25, 0.3) is 5.91 Å². The Bertz CT molecular complexity index is 681. The Hall–Kier alpha value is -2.09. The van der Waals surface area contributed by atoms with Gasteiger partial charge in [-0.3, -0.25) is 4.79 Å². The third-order valence-electron chi connectivity index (χ3n) is 2.39. The molecule has 2 N–H and O–H groups in total. The summed E-state index contributed by atoms with van der Waals surface area (Å²) in [5, 5.41) is 3.17. The van der Waals surface area contributed by atoms with Crippen LogP contribution in [-0.2, 0) is 6.18 Å². The molecule has 0 saturated carbocycles. The molecule has 0 saturated heterocycles. The van der Waals surface area contributed by atoms with Crippen molar-refractivity contribution in [1.29, 1.82) is 0 Å². The standard InChI is InChI=1S/C11H6ClF4N3O/c12-6-3-5(13)1-2-8(6)19-9(11(14,15)16)4-7(18-19)10(17)20/h1-4H,(H2,17,20). The van der Waals surface area contributed by atoms with Gasteiger partial charge in [0, 0.05) is 6.07 Å². The molecule has 0 bridgehead atoms. The summed E-state index contributed by atoms with van der Waals surface area (Å²) in [6.45, 7) is 0. The van der Waals surface area contributed by atoms with Crippen LogP contribution in [0.3, 0.4) is 0 Å². The lowest BCUT2D eigenvalue weighted by Gasteiger charge is -2.11. The summed E-state index contributed by atoms with van der Waals surface area (Å²) >= 11 is 5.69. The van der Waals surface area contributed by atoms with Gasteiger partial charge in [0.1, 0.15) is 11.5 Å². The monoisotopic (exact) mass is 307 g/mol. The molecule has 4 nitrogen and oxygen atoms in total. The first-order valence-corrected chi connectivity index (χ1v) is 5.50. The van der Waals surface area contributed by atoms with E-state index in [0.29, 0.717) is 10.7 Å². The Kier molecular flexibility index (Phi) is 3.43. The van der Waals surface area contributed by atoms with Crippen LogP contribution >= 0.6 is 11.6 Å². The summed E-state index contributed by atoms with van der Waals surface area (Å²) in [5.41, 5.74) is 2.88. The van der Waals surface area contributed by atoms with Crippen molar-refractivity contribution < 1.29 is 22.4 Å². The first-order valence-electron chi connectivity index (χ1n) is 5.12. The molecule has 106 valence electrons. The highest BCUT2D eigenvalue weighted by Gasteiger charge is 2.37. The van der Waals surface area contributed by atoms with Gasteiger partial charge >= 0.3 is 6.18 Å². The minimum absolute atomic E-state index is 0.215. The van der Waals surface area contributed by atoms with Gasteiger partial charge in [0.15, 0.2) is 5.69 Å². The molecule has 0 aliphatic rings. The van der Waals surface area contributed by atoms with Crippen LogP contribution in [0.5, 0.6) is 0 Å². The number of rotatable bonds is 2. The molecule has 0 atom stereocenters. The predicted octanol–water partition coefficient (Wildman–Crippen LogP) is 2.78. The zero-order valence-electron chi connectivity index (χ0n) is 9.58. The van der Waals surface area contributed by atoms with Crippen molar-refractivity contribution in [3.63, 3.8) is 0 Å². The second-order valence-corrected chi connectivity index (χ2v) is 4.19. The molecule has 0 radical (unpaired) electrons. The first kappa shape index (κ1) is 14.3. The van der Waals surface area contributed by atoms with Gasteiger partial charge in [-0.1, -0.05) is 11.6 Å². The number of aromatic nitrogens is 2. The molecular formula is C11H6ClF4N3O. The van der Waals surface area contributed by atoms with Crippen molar-refractivity contribution in [2.75, 3.05) is 0 Å². The zero-order chi connectivity index (χ0) is 15.1. The Morgan fingerprint density at radius 1 is 1.30 bits per heavy atom. The van der Waals surface area contributed by atoms with Crippen molar-refractivity contribution in [1.82, 2.24) is 9.78 Å². The van der Waals surface area contributed by atoms with E-state index in [1.54, 1.807) is 0 Å². The van der Waals surface area contributed by atoms with Crippen LogP contribution in [0.15, 0.2) is 24.3 Å². The zero-order valence-corrected chi connectivity index (χ0v) is 10.3. The average Bonchev–Trinajstić information content (AvgIpc) is 2.73. The summed E-state index contributed by atoms with van der Waals surface area (Å²) in [4.78, 5) is 10.9. The van der Waals surface area contributed by atoms with E-state index in [1.165, 1.54) is 0 Å². The number of hydrogen-bond donors (Lipinski definition) is 1. The fraction of sp³-hybridized carbons (Fsp3) is 0.0909. The number of nitrogens with two attached hydrogens (primary N) is 1. The highest BCUT2D eigenvalue weighted by atomic mass is 35.5. The molecule has 2 aromatic rings. The van der Waals surface area contributed by atoms with Crippen molar-refractivity contribution in [3.05, 3.63) is 46.5 Å². The number of halogens is 5. The maximum atomic E-state index is 12.9.